The molecule has 1 rings (SSSR count). The predicted octanol–water partition coefficient (Wildman–Crippen LogP) is 3.75. The van der Waals surface area contributed by atoms with Crippen LogP contribution >= 0.6 is 0 Å². The molecule has 0 unspecified atom stereocenters. The third kappa shape index (κ3) is 4.13. The fourth-order valence-electron chi connectivity index (χ4n) is 1.95. The molecule has 0 aliphatic carbocycles. The predicted molar refractivity (Wildman–Crippen MR) is 72.3 cm³/mol. The highest BCUT2D eigenvalue weighted by Gasteiger charge is 2.01. The highest BCUT2D eigenvalue weighted by atomic mass is 14.7. The summed E-state index contributed by atoms with van der Waals surface area (Å²) in [5.41, 5.74) is 14.4. The van der Waals surface area contributed by atoms with Crippen molar-refractivity contribution in [2.45, 2.75) is 51.9 Å². The van der Waals surface area contributed by atoms with Crippen molar-refractivity contribution in [3.8, 4) is 0 Å². The summed E-state index contributed by atoms with van der Waals surface area (Å²) in [4.78, 5) is 0. The van der Waals surface area contributed by atoms with Crippen LogP contribution < -0.4 is 11.5 Å². The van der Waals surface area contributed by atoms with Crippen molar-refractivity contribution >= 4 is 11.4 Å². The van der Waals surface area contributed by atoms with Crippen molar-refractivity contribution in [3.05, 3.63) is 23.8 Å². The van der Waals surface area contributed by atoms with Gasteiger partial charge in [-0.15, -0.1) is 0 Å². The van der Waals surface area contributed by atoms with Crippen LogP contribution in [0.2, 0.25) is 0 Å². The molecule has 0 aromatic heterocycles. The first-order valence-corrected chi connectivity index (χ1v) is 6.38. The molecule has 90 valence electrons. The van der Waals surface area contributed by atoms with E-state index in [-0.39, 0.29) is 0 Å². The lowest BCUT2D eigenvalue weighted by Crippen LogP contribution is -1.99. The molecule has 1 aromatic rings. The molecule has 0 aliphatic heterocycles. The summed E-state index contributed by atoms with van der Waals surface area (Å²) in [5.74, 6) is 0. The second-order valence-corrected chi connectivity index (χ2v) is 4.44. The number of hydrogen-bond acceptors (Lipinski definition) is 2. The first-order valence-electron chi connectivity index (χ1n) is 6.38. The second-order valence-electron chi connectivity index (χ2n) is 4.44. The van der Waals surface area contributed by atoms with Gasteiger partial charge in [-0.3, -0.25) is 0 Å². The fourth-order valence-corrected chi connectivity index (χ4v) is 1.95. The van der Waals surface area contributed by atoms with Gasteiger partial charge in [-0.05, 0) is 24.5 Å². The SMILES string of the molecule is CCCCCCCCc1cccc(N)c1N. The molecule has 2 nitrogen and oxygen atoms in total. The zero-order valence-electron chi connectivity index (χ0n) is 10.3. The van der Waals surface area contributed by atoms with E-state index in [1.54, 1.807) is 0 Å². The average molecular weight is 220 g/mol. The van der Waals surface area contributed by atoms with E-state index in [4.69, 9.17) is 11.5 Å². The largest absolute Gasteiger partial charge is 0.397 e. The number of rotatable bonds is 7. The van der Waals surface area contributed by atoms with Crippen LogP contribution in [0.1, 0.15) is 51.0 Å². The van der Waals surface area contributed by atoms with Crippen LogP contribution in [0.15, 0.2) is 18.2 Å². The maximum atomic E-state index is 5.92. The Labute approximate surface area is 99.0 Å². The van der Waals surface area contributed by atoms with E-state index in [0.29, 0.717) is 5.69 Å². The van der Waals surface area contributed by atoms with E-state index in [1.807, 2.05) is 12.1 Å². The molecule has 0 amide bonds. The zero-order valence-corrected chi connectivity index (χ0v) is 10.3. The standard InChI is InChI=1S/C14H24N2/c1-2-3-4-5-6-7-9-12-10-8-11-13(15)14(12)16/h8,10-11H,2-7,9,15-16H2,1H3. The Morgan fingerprint density at radius 2 is 1.62 bits per heavy atom. The minimum Gasteiger partial charge on any atom is -0.397 e. The Morgan fingerprint density at radius 3 is 2.38 bits per heavy atom. The lowest BCUT2D eigenvalue weighted by molar-refractivity contribution is 0.608. The topological polar surface area (TPSA) is 52.0 Å². The molecular formula is C14H24N2. The minimum atomic E-state index is 0.712. The van der Waals surface area contributed by atoms with Gasteiger partial charge in [0.2, 0.25) is 0 Å². The first kappa shape index (κ1) is 12.9. The zero-order chi connectivity index (χ0) is 11.8. The molecular weight excluding hydrogens is 196 g/mol. The van der Waals surface area contributed by atoms with Gasteiger partial charge < -0.3 is 11.5 Å². The second kappa shape index (κ2) is 7.15. The van der Waals surface area contributed by atoms with Crippen molar-refractivity contribution in [2.75, 3.05) is 11.5 Å². The minimum absolute atomic E-state index is 0.712. The summed E-state index contributed by atoms with van der Waals surface area (Å²) in [7, 11) is 0. The number of nitrogens with two attached hydrogens (primary N) is 2. The normalized spacial score (nSPS) is 10.6. The number of anilines is 2. The smallest absolute Gasteiger partial charge is 0.0580 e. The van der Waals surface area contributed by atoms with Crippen molar-refractivity contribution in [1.29, 1.82) is 0 Å². The molecule has 0 aliphatic rings. The number of benzene rings is 1. The molecule has 0 saturated carbocycles. The molecule has 0 fully saturated rings. The van der Waals surface area contributed by atoms with Crippen LogP contribution in [-0.2, 0) is 6.42 Å². The Hall–Kier alpha value is -1.18. The first-order chi connectivity index (χ1) is 7.75. The Balaban J connectivity index is 2.24. The summed E-state index contributed by atoms with van der Waals surface area (Å²) in [6.07, 6.45) is 8.95. The average Bonchev–Trinajstić information content (AvgIpc) is 2.29. The van der Waals surface area contributed by atoms with Gasteiger partial charge in [0, 0.05) is 0 Å². The number of unbranched alkanes of at least 4 members (excludes halogenated alkanes) is 5. The maximum absolute atomic E-state index is 5.92. The van der Waals surface area contributed by atoms with Crippen LogP contribution in [-0.4, -0.2) is 0 Å². The van der Waals surface area contributed by atoms with E-state index in [9.17, 15) is 0 Å². The van der Waals surface area contributed by atoms with Crippen molar-refractivity contribution in [1.82, 2.24) is 0 Å². The Kier molecular flexibility index (Phi) is 5.76. The molecule has 16 heavy (non-hydrogen) atoms. The van der Waals surface area contributed by atoms with E-state index >= 15 is 0 Å². The van der Waals surface area contributed by atoms with E-state index in [2.05, 4.69) is 13.0 Å². The van der Waals surface area contributed by atoms with Gasteiger partial charge in [-0.25, -0.2) is 0 Å². The van der Waals surface area contributed by atoms with Crippen LogP contribution in [0.4, 0.5) is 11.4 Å². The van der Waals surface area contributed by atoms with E-state index in [1.165, 1.54) is 44.1 Å². The summed E-state index contributed by atoms with van der Waals surface area (Å²) < 4.78 is 0. The third-order valence-corrected chi connectivity index (χ3v) is 3.03. The maximum Gasteiger partial charge on any atom is 0.0580 e. The lowest BCUT2D eigenvalue weighted by atomic mass is 10.0. The molecule has 0 radical (unpaired) electrons. The van der Waals surface area contributed by atoms with Crippen LogP contribution in [0.25, 0.3) is 0 Å². The number of aryl methyl sites for hydroxylation is 1. The van der Waals surface area contributed by atoms with Crippen LogP contribution in [0, 0.1) is 0 Å². The van der Waals surface area contributed by atoms with Crippen LogP contribution in [0.5, 0.6) is 0 Å². The molecule has 2 heteroatoms. The number of hydrogen-bond donors (Lipinski definition) is 2. The van der Waals surface area contributed by atoms with Gasteiger partial charge in [-0.1, -0.05) is 51.2 Å². The van der Waals surface area contributed by atoms with Gasteiger partial charge in [-0.2, -0.15) is 0 Å². The summed E-state index contributed by atoms with van der Waals surface area (Å²) in [6.45, 7) is 2.24. The van der Waals surface area contributed by atoms with Gasteiger partial charge >= 0.3 is 0 Å². The van der Waals surface area contributed by atoms with E-state index < -0.39 is 0 Å². The third-order valence-electron chi connectivity index (χ3n) is 3.03. The highest BCUT2D eigenvalue weighted by Crippen LogP contribution is 2.21. The quantitative estimate of drug-likeness (QED) is 0.543. The molecule has 0 atom stereocenters. The number of nitrogen functional groups attached to an aromatic ring is 2. The fraction of sp³-hybridized carbons (Fsp3) is 0.571. The summed E-state index contributed by atoms with van der Waals surface area (Å²) in [5, 5.41) is 0. The summed E-state index contributed by atoms with van der Waals surface area (Å²) in [6, 6.07) is 5.93. The van der Waals surface area contributed by atoms with Crippen LogP contribution in [0.3, 0.4) is 0 Å². The Bertz CT molecular complexity index is 308. The monoisotopic (exact) mass is 220 g/mol. The number of para-hydroxylation sites is 1. The van der Waals surface area contributed by atoms with Crippen molar-refractivity contribution in [2.24, 2.45) is 0 Å². The molecule has 0 bridgehead atoms. The lowest BCUT2D eigenvalue weighted by Gasteiger charge is -2.07. The van der Waals surface area contributed by atoms with Gasteiger partial charge in [0.1, 0.15) is 0 Å². The molecule has 0 heterocycles. The highest BCUT2D eigenvalue weighted by molar-refractivity contribution is 5.67. The van der Waals surface area contributed by atoms with Crippen molar-refractivity contribution < 1.29 is 0 Å². The molecule has 0 saturated heterocycles. The molecule has 4 N–H and O–H groups in total. The van der Waals surface area contributed by atoms with Gasteiger partial charge in [0.05, 0.1) is 11.4 Å². The van der Waals surface area contributed by atoms with Gasteiger partial charge in [0.25, 0.3) is 0 Å². The van der Waals surface area contributed by atoms with Crippen molar-refractivity contribution in [3.63, 3.8) is 0 Å². The van der Waals surface area contributed by atoms with E-state index in [0.717, 1.165) is 12.1 Å². The summed E-state index contributed by atoms with van der Waals surface area (Å²) >= 11 is 0. The van der Waals surface area contributed by atoms with Gasteiger partial charge in [0.15, 0.2) is 0 Å². The molecule has 1 aromatic carbocycles. The molecule has 0 spiro atoms. The Morgan fingerprint density at radius 1 is 0.938 bits per heavy atom.